The molecule has 0 aromatic carbocycles. The molecule has 0 aliphatic carbocycles. The van der Waals surface area contributed by atoms with Crippen molar-refractivity contribution < 1.29 is 31.1 Å². The Labute approximate surface area is 91.2 Å². The Balaban J connectivity index is 3.20. The van der Waals surface area contributed by atoms with Crippen LogP contribution in [0.4, 0.5) is 26.3 Å². The number of halogens is 6. The van der Waals surface area contributed by atoms with Crippen LogP contribution in [0.3, 0.4) is 0 Å². The van der Waals surface area contributed by atoms with Gasteiger partial charge in [-0.1, -0.05) is 0 Å². The average molecular weight is 260 g/mol. The third-order valence-electron chi connectivity index (χ3n) is 1.77. The van der Waals surface area contributed by atoms with Crippen LogP contribution in [0.25, 0.3) is 0 Å². The van der Waals surface area contributed by atoms with Gasteiger partial charge in [0.1, 0.15) is 0 Å². The van der Waals surface area contributed by atoms with Gasteiger partial charge < -0.3 is 10.5 Å². The van der Waals surface area contributed by atoms with E-state index in [0.29, 0.717) is 6.20 Å². The monoisotopic (exact) mass is 260 g/mol. The molecule has 0 saturated heterocycles. The predicted molar refractivity (Wildman–Crippen MR) is 43.7 cm³/mol. The molecule has 0 fully saturated rings. The Morgan fingerprint density at radius 3 is 2.35 bits per heavy atom. The first-order valence-corrected chi connectivity index (χ1v) is 4.17. The van der Waals surface area contributed by atoms with Gasteiger partial charge >= 0.3 is 6.36 Å². The largest absolute Gasteiger partial charge is 0.574 e. The molecular weight excluding hydrogens is 254 g/mol. The van der Waals surface area contributed by atoms with E-state index in [1.165, 1.54) is 0 Å². The molecule has 1 heterocycles. The highest BCUT2D eigenvalue weighted by atomic mass is 19.4. The summed E-state index contributed by atoms with van der Waals surface area (Å²) < 4.78 is 76.6. The molecule has 0 aliphatic heterocycles. The van der Waals surface area contributed by atoms with Crippen molar-refractivity contribution in [1.82, 2.24) is 4.98 Å². The van der Waals surface area contributed by atoms with Gasteiger partial charge in [-0.05, 0) is 0 Å². The summed E-state index contributed by atoms with van der Waals surface area (Å²) in [5, 5.41) is 0. The minimum atomic E-state index is -5.16. The fourth-order valence-corrected chi connectivity index (χ4v) is 1.09. The topological polar surface area (TPSA) is 48.1 Å². The lowest BCUT2D eigenvalue weighted by Crippen LogP contribution is -2.20. The number of pyridine rings is 1. The summed E-state index contributed by atoms with van der Waals surface area (Å²) in [5.74, 6) is -3.06. The maximum absolute atomic E-state index is 13.3. The van der Waals surface area contributed by atoms with E-state index in [1.54, 1.807) is 0 Å². The molecule has 0 unspecified atom stereocenters. The number of rotatable bonds is 3. The molecular formula is C8H6F6N2O. The maximum Gasteiger partial charge on any atom is 0.574 e. The first-order chi connectivity index (χ1) is 7.76. The van der Waals surface area contributed by atoms with Crippen molar-refractivity contribution >= 4 is 0 Å². The van der Waals surface area contributed by atoms with Crippen LogP contribution in [0.1, 0.15) is 17.6 Å². The minimum absolute atomic E-state index is 0.400. The van der Waals surface area contributed by atoms with Gasteiger partial charge in [0.25, 0.3) is 12.3 Å². The standard InChI is InChI=1S/C8H6F6N2O/c9-5-3(1-15)4(6(10)11)2-16-7(5)17-8(12,13)14/h2,6H,1,15H2. The second-order valence-electron chi connectivity index (χ2n) is 2.86. The van der Waals surface area contributed by atoms with Gasteiger partial charge in [0.15, 0.2) is 5.82 Å². The van der Waals surface area contributed by atoms with Crippen LogP contribution < -0.4 is 10.5 Å². The Morgan fingerprint density at radius 2 is 1.94 bits per heavy atom. The van der Waals surface area contributed by atoms with Crippen molar-refractivity contribution in [1.29, 1.82) is 0 Å². The van der Waals surface area contributed by atoms with Gasteiger partial charge in [0.05, 0.1) is 0 Å². The number of ether oxygens (including phenoxy) is 1. The van der Waals surface area contributed by atoms with Crippen LogP contribution in [0.2, 0.25) is 0 Å². The van der Waals surface area contributed by atoms with E-state index < -0.39 is 42.2 Å². The summed E-state index contributed by atoms with van der Waals surface area (Å²) in [6.07, 6.45) is -7.85. The Kier molecular flexibility index (Phi) is 3.81. The lowest BCUT2D eigenvalue weighted by atomic mass is 10.1. The minimum Gasteiger partial charge on any atom is -0.385 e. The molecule has 1 rings (SSSR count). The zero-order valence-electron chi connectivity index (χ0n) is 8.06. The molecule has 0 amide bonds. The Hall–Kier alpha value is -1.51. The highest BCUT2D eigenvalue weighted by molar-refractivity contribution is 5.32. The van der Waals surface area contributed by atoms with Crippen molar-refractivity contribution in [2.24, 2.45) is 5.73 Å². The van der Waals surface area contributed by atoms with Crippen LogP contribution >= 0.6 is 0 Å². The molecule has 9 heteroatoms. The second kappa shape index (κ2) is 4.78. The Bertz CT molecular complexity index is 406. The van der Waals surface area contributed by atoms with E-state index in [1.807, 2.05) is 0 Å². The zero-order chi connectivity index (χ0) is 13.2. The van der Waals surface area contributed by atoms with Crippen molar-refractivity contribution in [3.05, 3.63) is 23.1 Å². The van der Waals surface area contributed by atoms with Crippen LogP contribution in [0.15, 0.2) is 6.20 Å². The molecule has 0 aliphatic rings. The van der Waals surface area contributed by atoms with E-state index >= 15 is 0 Å². The van der Waals surface area contributed by atoms with Gasteiger partial charge in [-0.3, -0.25) is 0 Å². The highest BCUT2D eigenvalue weighted by Crippen LogP contribution is 2.30. The summed E-state index contributed by atoms with van der Waals surface area (Å²) >= 11 is 0. The van der Waals surface area contributed by atoms with Crippen LogP contribution in [0.5, 0.6) is 5.88 Å². The number of hydrogen-bond donors (Lipinski definition) is 1. The quantitative estimate of drug-likeness (QED) is 0.849. The molecule has 0 spiro atoms. The van der Waals surface area contributed by atoms with Crippen LogP contribution in [-0.4, -0.2) is 11.3 Å². The van der Waals surface area contributed by atoms with Crippen molar-refractivity contribution in [3.8, 4) is 5.88 Å². The van der Waals surface area contributed by atoms with E-state index in [-0.39, 0.29) is 0 Å². The smallest absolute Gasteiger partial charge is 0.385 e. The molecule has 96 valence electrons. The Morgan fingerprint density at radius 1 is 1.35 bits per heavy atom. The number of nitrogens with two attached hydrogens (primary N) is 1. The fourth-order valence-electron chi connectivity index (χ4n) is 1.09. The summed E-state index contributed by atoms with van der Waals surface area (Å²) in [6, 6.07) is 0. The fraction of sp³-hybridized carbons (Fsp3) is 0.375. The molecule has 1 aromatic rings. The second-order valence-corrected chi connectivity index (χ2v) is 2.86. The molecule has 0 saturated carbocycles. The predicted octanol–water partition coefficient (Wildman–Crippen LogP) is 2.52. The molecule has 3 nitrogen and oxygen atoms in total. The SMILES string of the molecule is NCc1c(C(F)F)cnc(OC(F)(F)F)c1F. The lowest BCUT2D eigenvalue weighted by Gasteiger charge is -2.12. The van der Waals surface area contributed by atoms with Gasteiger partial charge in [0, 0.05) is 23.9 Å². The molecule has 0 radical (unpaired) electrons. The van der Waals surface area contributed by atoms with E-state index in [0.717, 1.165) is 0 Å². The first kappa shape index (κ1) is 13.6. The third-order valence-corrected chi connectivity index (χ3v) is 1.77. The molecule has 1 aromatic heterocycles. The van der Waals surface area contributed by atoms with E-state index in [4.69, 9.17) is 5.73 Å². The number of alkyl halides is 5. The highest BCUT2D eigenvalue weighted by Gasteiger charge is 2.34. The van der Waals surface area contributed by atoms with Crippen LogP contribution in [-0.2, 0) is 6.54 Å². The van der Waals surface area contributed by atoms with Crippen LogP contribution in [0, 0.1) is 5.82 Å². The zero-order valence-corrected chi connectivity index (χ0v) is 8.06. The lowest BCUT2D eigenvalue weighted by molar-refractivity contribution is -0.277. The first-order valence-electron chi connectivity index (χ1n) is 4.17. The summed E-state index contributed by atoms with van der Waals surface area (Å²) in [4.78, 5) is 2.84. The van der Waals surface area contributed by atoms with Crippen molar-refractivity contribution in [3.63, 3.8) is 0 Å². The summed E-state index contributed by atoms with van der Waals surface area (Å²) in [7, 11) is 0. The number of nitrogens with zero attached hydrogens (tertiary/aromatic N) is 1. The van der Waals surface area contributed by atoms with E-state index in [9.17, 15) is 26.3 Å². The number of hydrogen-bond acceptors (Lipinski definition) is 3. The summed E-state index contributed by atoms with van der Waals surface area (Å²) in [6.45, 7) is -0.692. The van der Waals surface area contributed by atoms with Gasteiger partial charge in [-0.15, -0.1) is 13.2 Å². The van der Waals surface area contributed by atoms with Crippen molar-refractivity contribution in [2.75, 3.05) is 0 Å². The molecule has 2 N–H and O–H groups in total. The van der Waals surface area contributed by atoms with Gasteiger partial charge in [0.2, 0.25) is 0 Å². The van der Waals surface area contributed by atoms with Gasteiger partial charge in [-0.2, -0.15) is 0 Å². The van der Waals surface area contributed by atoms with Gasteiger partial charge in [-0.25, -0.2) is 18.2 Å². The maximum atomic E-state index is 13.3. The summed E-state index contributed by atoms with van der Waals surface area (Å²) in [5.41, 5.74) is 3.37. The molecule has 0 atom stereocenters. The average Bonchev–Trinajstić information content (AvgIpc) is 2.18. The number of aromatic nitrogens is 1. The third kappa shape index (κ3) is 3.22. The van der Waals surface area contributed by atoms with E-state index in [2.05, 4.69) is 9.72 Å². The molecule has 17 heavy (non-hydrogen) atoms. The van der Waals surface area contributed by atoms with Crippen molar-refractivity contribution in [2.45, 2.75) is 19.3 Å². The molecule has 0 bridgehead atoms. The normalized spacial score (nSPS) is 12.0.